The molecule has 0 saturated heterocycles. The third-order valence-corrected chi connectivity index (χ3v) is 2.81. The van der Waals surface area contributed by atoms with Gasteiger partial charge in [0.05, 0.1) is 6.61 Å². The van der Waals surface area contributed by atoms with E-state index in [9.17, 15) is 0 Å². The topological polar surface area (TPSA) is 50.8 Å². The van der Waals surface area contributed by atoms with Gasteiger partial charge in [-0.15, -0.1) is 0 Å². The molecular weight excluding hydrogens is 202 g/mol. The molecule has 4 heteroatoms. The Morgan fingerprint density at radius 1 is 1.44 bits per heavy atom. The van der Waals surface area contributed by atoms with E-state index < -0.39 is 0 Å². The van der Waals surface area contributed by atoms with Crippen LogP contribution in [0, 0.1) is 0 Å². The van der Waals surface area contributed by atoms with Crippen molar-refractivity contribution in [2.24, 2.45) is 0 Å². The fourth-order valence-corrected chi connectivity index (χ4v) is 1.91. The van der Waals surface area contributed by atoms with Crippen LogP contribution in [0.15, 0.2) is 18.2 Å². The molecule has 2 aromatic rings. The fourth-order valence-electron chi connectivity index (χ4n) is 1.91. The molecule has 3 rings (SSSR count). The lowest BCUT2D eigenvalue weighted by molar-refractivity contribution is 0.357. The summed E-state index contributed by atoms with van der Waals surface area (Å²) >= 11 is 0. The molecule has 0 amide bonds. The molecular formula is C12H13N3O. The Kier molecular flexibility index (Phi) is 2.13. The number of nitrogens with zero attached hydrogens (tertiary/aromatic N) is 2. The van der Waals surface area contributed by atoms with E-state index in [-0.39, 0.29) is 0 Å². The van der Waals surface area contributed by atoms with Crippen LogP contribution in [0.4, 0.5) is 0 Å². The maximum Gasteiger partial charge on any atom is 0.181 e. The van der Waals surface area contributed by atoms with Crippen LogP contribution in [-0.4, -0.2) is 21.8 Å². The van der Waals surface area contributed by atoms with Gasteiger partial charge in [-0.25, -0.2) is 4.98 Å². The summed E-state index contributed by atoms with van der Waals surface area (Å²) in [4.78, 5) is 4.42. The second kappa shape index (κ2) is 3.63. The van der Waals surface area contributed by atoms with Crippen molar-refractivity contribution in [2.75, 3.05) is 6.61 Å². The van der Waals surface area contributed by atoms with Crippen LogP contribution in [0.5, 0.6) is 5.75 Å². The van der Waals surface area contributed by atoms with E-state index in [1.165, 1.54) is 5.56 Å². The van der Waals surface area contributed by atoms with E-state index in [1.807, 2.05) is 12.1 Å². The number of hydrogen-bond donors (Lipinski definition) is 1. The van der Waals surface area contributed by atoms with Gasteiger partial charge in [0.15, 0.2) is 5.82 Å². The van der Waals surface area contributed by atoms with E-state index >= 15 is 0 Å². The first kappa shape index (κ1) is 9.39. The largest absolute Gasteiger partial charge is 0.493 e. The smallest absolute Gasteiger partial charge is 0.181 e. The van der Waals surface area contributed by atoms with Crippen molar-refractivity contribution in [1.29, 1.82) is 0 Å². The number of hydrogen-bond acceptors (Lipinski definition) is 3. The molecule has 0 bridgehead atoms. The highest BCUT2D eigenvalue weighted by atomic mass is 16.5. The lowest BCUT2D eigenvalue weighted by Gasteiger charge is -2.00. The van der Waals surface area contributed by atoms with Crippen molar-refractivity contribution < 1.29 is 4.74 Å². The second-order valence-electron chi connectivity index (χ2n) is 3.88. The van der Waals surface area contributed by atoms with Gasteiger partial charge in [-0.2, -0.15) is 5.10 Å². The Bertz CT molecular complexity index is 519. The highest BCUT2D eigenvalue weighted by Crippen LogP contribution is 2.28. The fraction of sp³-hybridized carbons (Fsp3) is 0.333. The Balaban J connectivity index is 2.00. The van der Waals surface area contributed by atoms with Gasteiger partial charge >= 0.3 is 0 Å². The van der Waals surface area contributed by atoms with Gasteiger partial charge in [0, 0.05) is 18.4 Å². The van der Waals surface area contributed by atoms with Crippen molar-refractivity contribution in [3.8, 4) is 17.1 Å². The van der Waals surface area contributed by atoms with Crippen LogP contribution in [-0.2, 0) is 12.8 Å². The number of benzene rings is 1. The van der Waals surface area contributed by atoms with E-state index in [4.69, 9.17) is 4.74 Å². The maximum atomic E-state index is 5.47. The van der Waals surface area contributed by atoms with E-state index in [0.29, 0.717) is 0 Å². The summed E-state index contributed by atoms with van der Waals surface area (Å²) in [6.45, 7) is 2.84. The van der Waals surface area contributed by atoms with Gasteiger partial charge in [-0.1, -0.05) is 6.92 Å². The van der Waals surface area contributed by atoms with Crippen molar-refractivity contribution in [3.63, 3.8) is 0 Å². The molecule has 1 aliphatic rings. The maximum absolute atomic E-state index is 5.47. The Morgan fingerprint density at radius 3 is 3.19 bits per heavy atom. The number of ether oxygens (including phenoxy) is 1. The first-order chi connectivity index (χ1) is 7.86. The van der Waals surface area contributed by atoms with Crippen LogP contribution in [0.2, 0.25) is 0 Å². The van der Waals surface area contributed by atoms with Gasteiger partial charge in [-0.05, 0) is 23.8 Å². The molecule has 0 spiro atoms. The minimum Gasteiger partial charge on any atom is -0.493 e. The second-order valence-corrected chi connectivity index (χ2v) is 3.88. The molecule has 1 aromatic heterocycles. The standard InChI is InChI=1S/C12H13N3O/c1-2-11-13-12(15-14-11)9-3-4-10-8(7-9)5-6-16-10/h3-4,7H,2,5-6H2,1H3,(H,13,14,15). The molecule has 1 aliphatic heterocycles. The minimum absolute atomic E-state index is 0.770. The lowest BCUT2D eigenvalue weighted by atomic mass is 10.1. The van der Waals surface area contributed by atoms with Gasteiger partial charge in [-0.3, -0.25) is 5.10 Å². The minimum atomic E-state index is 0.770. The predicted molar refractivity (Wildman–Crippen MR) is 60.4 cm³/mol. The third kappa shape index (κ3) is 1.46. The van der Waals surface area contributed by atoms with Crippen LogP contribution in [0.25, 0.3) is 11.4 Å². The summed E-state index contributed by atoms with van der Waals surface area (Å²) in [6, 6.07) is 6.12. The normalized spacial score (nSPS) is 13.6. The van der Waals surface area contributed by atoms with Gasteiger partial charge in [0.25, 0.3) is 0 Å². The average molecular weight is 215 g/mol. The van der Waals surface area contributed by atoms with E-state index in [2.05, 4.69) is 28.2 Å². The van der Waals surface area contributed by atoms with Crippen LogP contribution in [0.1, 0.15) is 18.3 Å². The number of fused-ring (bicyclic) bond motifs is 1. The van der Waals surface area contributed by atoms with Crippen molar-refractivity contribution in [1.82, 2.24) is 15.2 Å². The number of H-pyrrole nitrogens is 1. The van der Waals surface area contributed by atoms with Gasteiger partial charge in [0.2, 0.25) is 0 Å². The zero-order valence-corrected chi connectivity index (χ0v) is 9.16. The van der Waals surface area contributed by atoms with Gasteiger partial charge in [0.1, 0.15) is 11.6 Å². The Labute approximate surface area is 93.7 Å². The SMILES string of the molecule is CCc1nc(-c2ccc3c(c2)CCO3)n[nH]1. The van der Waals surface area contributed by atoms with Gasteiger partial charge < -0.3 is 4.74 Å². The van der Waals surface area contributed by atoms with Crippen molar-refractivity contribution in [3.05, 3.63) is 29.6 Å². The quantitative estimate of drug-likeness (QED) is 0.833. The molecule has 0 atom stereocenters. The Morgan fingerprint density at radius 2 is 2.38 bits per heavy atom. The summed E-state index contributed by atoms with van der Waals surface area (Å²) in [5, 5.41) is 7.14. The number of aryl methyl sites for hydroxylation is 1. The molecule has 0 unspecified atom stereocenters. The first-order valence-electron chi connectivity index (χ1n) is 5.54. The molecule has 0 radical (unpaired) electrons. The molecule has 0 aliphatic carbocycles. The Hall–Kier alpha value is -1.84. The van der Waals surface area contributed by atoms with Crippen LogP contribution >= 0.6 is 0 Å². The third-order valence-electron chi connectivity index (χ3n) is 2.81. The van der Waals surface area contributed by atoms with E-state index in [0.717, 1.165) is 42.4 Å². The monoisotopic (exact) mass is 215 g/mol. The van der Waals surface area contributed by atoms with Crippen LogP contribution < -0.4 is 4.74 Å². The zero-order valence-electron chi connectivity index (χ0n) is 9.16. The summed E-state index contributed by atoms with van der Waals surface area (Å²) in [7, 11) is 0. The number of aromatic nitrogens is 3. The molecule has 0 fully saturated rings. The average Bonchev–Trinajstić information content (AvgIpc) is 2.96. The van der Waals surface area contributed by atoms with Crippen molar-refractivity contribution >= 4 is 0 Å². The molecule has 4 nitrogen and oxygen atoms in total. The summed E-state index contributed by atoms with van der Waals surface area (Å²) < 4.78 is 5.47. The number of aromatic amines is 1. The summed E-state index contributed by atoms with van der Waals surface area (Å²) in [6.07, 6.45) is 1.86. The van der Waals surface area contributed by atoms with Crippen molar-refractivity contribution in [2.45, 2.75) is 19.8 Å². The lowest BCUT2D eigenvalue weighted by Crippen LogP contribution is -1.85. The molecule has 2 heterocycles. The first-order valence-corrected chi connectivity index (χ1v) is 5.54. The zero-order chi connectivity index (χ0) is 11.0. The highest BCUT2D eigenvalue weighted by Gasteiger charge is 2.14. The highest BCUT2D eigenvalue weighted by molar-refractivity contribution is 5.59. The summed E-state index contributed by atoms with van der Waals surface area (Å²) in [5.74, 6) is 2.69. The molecule has 1 N–H and O–H groups in total. The number of rotatable bonds is 2. The number of nitrogens with one attached hydrogen (secondary N) is 1. The summed E-state index contributed by atoms with van der Waals surface area (Å²) in [5.41, 5.74) is 2.31. The van der Waals surface area contributed by atoms with E-state index in [1.54, 1.807) is 0 Å². The predicted octanol–water partition coefficient (Wildman–Crippen LogP) is 1.97. The molecule has 0 saturated carbocycles. The molecule has 82 valence electrons. The molecule has 16 heavy (non-hydrogen) atoms. The van der Waals surface area contributed by atoms with Crippen LogP contribution in [0.3, 0.4) is 0 Å². The molecule has 1 aromatic carbocycles.